The Morgan fingerprint density at radius 1 is 0.935 bits per heavy atom. The fourth-order valence-corrected chi connectivity index (χ4v) is 3.22. The first-order valence-corrected chi connectivity index (χ1v) is 10.5. The molecule has 4 aromatic rings. The topological polar surface area (TPSA) is 84.2 Å². The van der Waals surface area contributed by atoms with Crippen molar-refractivity contribution in [2.75, 3.05) is 5.32 Å². The predicted octanol–water partition coefficient (Wildman–Crippen LogP) is 3.95. The summed E-state index contributed by atoms with van der Waals surface area (Å²) in [5.74, 6) is 1.32. The van der Waals surface area contributed by atoms with Crippen LogP contribution in [0.5, 0.6) is 0 Å². The first-order valence-electron chi connectivity index (χ1n) is 10.1. The number of nitrogens with zero attached hydrogens (tertiary/aromatic N) is 4. The van der Waals surface area contributed by atoms with Gasteiger partial charge in [-0.05, 0) is 42.3 Å². The lowest BCUT2D eigenvalue weighted by atomic mass is 10.1. The van der Waals surface area contributed by atoms with E-state index in [1.165, 1.54) is 5.56 Å². The van der Waals surface area contributed by atoms with Gasteiger partial charge in [0.25, 0.3) is 0 Å². The van der Waals surface area contributed by atoms with Gasteiger partial charge >= 0.3 is 0 Å². The maximum Gasteiger partial charge on any atom is 0.220 e. The monoisotopic (exact) mass is 434 g/mol. The summed E-state index contributed by atoms with van der Waals surface area (Å²) >= 11 is 5.93. The van der Waals surface area contributed by atoms with E-state index in [0.29, 0.717) is 48.2 Å². The van der Waals surface area contributed by atoms with Crippen molar-refractivity contribution in [1.82, 2.24) is 25.1 Å². The molecule has 8 heteroatoms. The number of anilines is 1. The van der Waals surface area contributed by atoms with Gasteiger partial charge in [-0.15, -0.1) is 15.3 Å². The molecule has 2 aromatic heterocycles. The van der Waals surface area contributed by atoms with Crippen LogP contribution in [0.25, 0.3) is 5.65 Å². The van der Waals surface area contributed by atoms with Gasteiger partial charge in [-0.3, -0.25) is 4.79 Å². The van der Waals surface area contributed by atoms with E-state index in [9.17, 15) is 4.79 Å². The summed E-state index contributed by atoms with van der Waals surface area (Å²) in [5, 5.41) is 19.8. The fraction of sp³-hybridized carbons (Fsp3) is 0.217. The van der Waals surface area contributed by atoms with Gasteiger partial charge in [-0.2, -0.15) is 4.52 Å². The summed E-state index contributed by atoms with van der Waals surface area (Å²) in [6, 6.07) is 19.5. The van der Waals surface area contributed by atoms with Gasteiger partial charge in [-0.1, -0.05) is 53.6 Å². The molecule has 0 saturated heterocycles. The highest BCUT2D eigenvalue weighted by molar-refractivity contribution is 6.30. The van der Waals surface area contributed by atoms with E-state index >= 15 is 0 Å². The van der Waals surface area contributed by atoms with E-state index in [1.807, 2.05) is 67.6 Å². The van der Waals surface area contributed by atoms with E-state index in [-0.39, 0.29) is 5.91 Å². The molecule has 0 unspecified atom stereocenters. The first kappa shape index (κ1) is 20.8. The van der Waals surface area contributed by atoms with Crippen molar-refractivity contribution >= 4 is 29.0 Å². The number of hydrogen-bond donors (Lipinski definition) is 2. The lowest BCUT2D eigenvalue weighted by Gasteiger charge is -2.07. The van der Waals surface area contributed by atoms with Gasteiger partial charge in [0.15, 0.2) is 11.5 Å². The number of rotatable bonds is 8. The summed E-state index contributed by atoms with van der Waals surface area (Å²) < 4.78 is 1.68. The minimum absolute atomic E-state index is 0.0330. The van der Waals surface area contributed by atoms with Crippen molar-refractivity contribution in [2.45, 2.75) is 32.9 Å². The Kier molecular flexibility index (Phi) is 6.43. The molecular formula is C23H23ClN6O. The Hall–Kier alpha value is -3.45. The maximum atomic E-state index is 12.3. The average molecular weight is 435 g/mol. The van der Waals surface area contributed by atoms with E-state index in [4.69, 9.17) is 11.6 Å². The standard InChI is InChI=1S/C23H23ClN6O/c1-16-2-4-17(5-3-16)15-26-23(31)13-12-22-28-27-21-11-10-20(29-30(21)22)25-14-18-6-8-19(24)9-7-18/h2-11H,12-15H2,1H3,(H,25,29)(H,26,31). The number of carbonyl (C=O) groups excluding carboxylic acids is 1. The van der Waals surface area contributed by atoms with Gasteiger partial charge < -0.3 is 10.6 Å². The largest absolute Gasteiger partial charge is 0.365 e. The van der Waals surface area contributed by atoms with Crippen LogP contribution in [-0.4, -0.2) is 25.7 Å². The quantitative estimate of drug-likeness (QED) is 0.438. The summed E-state index contributed by atoms with van der Waals surface area (Å²) in [4.78, 5) is 12.3. The van der Waals surface area contributed by atoms with Gasteiger partial charge in [0.1, 0.15) is 5.82 Å². The number of hydrogen-bond acceptors (Lipinski definition) is 5. The molecule has 0 spiro atoms. The number of fused-ring (bicyclic) bond motifs is 1. The third kappa shape index (κ3) is 5.58. The third-order valence-electron chi connectivity index (χ3n) is 4.90. The van der Waals surface area contributed by atoms with Gasteiger partial charge in [0, 0.05) is 31.0 Å². The summed E-state index contributed by atoms with van der Waals surface area (Å²) in [6.45, 7) is 3.17. The molecule has 7 nitrogen and oxygen atoms in total. The molecule has 2 N–H and O–H groups in total. The zero-order chi connectivity index (χ0) is 21.6. The van der Waals surface area contributed by atoms with Crippen molar-refractivity contribution in [3.05, 3.63) is 88.2 Å². The zero-order valence-electron chi connectivity index (χ0n) is 17.2. The van der Waals surface area contributed by atoms with Crippen molar-refractivity contribution in [3.8, 4) is 0 Å². The number of halogens is 1. The minimum Gasteiger partial charge on any atom is -0.365 e. The molecule has 2 heterocycles. The lowest BCUT2D eigenvalue weighted by Crippen LogP contribution is -2.23. The van der Waals surface area contributed by atoms with E-state index in [0.717, 1.165) is 11.1 Å². The number of nitrogens with one attached hydrogen (secondary N) is 2. The van der Waals surface area contributed by atoms with E-state index in [1.54, 1.807) is 4.52 Å². The highest BCUT2D eigenvalue weighted by Crippen LogP contribution is 2.13. The van der Waals surface area contributed by atoms with Crippen molar-refractivity contribution in [2.24, 2.45) is 0 Å². The molecule has 0 radical (unpaired) electrons. The molecule has 4 rings (SSSR count). The Morgan fingerprint density at radius 2 is 1.65 bits per heavy atom. The van der Waals surface area contributed by atoms with Crippen molar-refractivity contribution in [1.29, 1.82) is 0 Å². The number of aromatic nitrogens is 4. The SMILES string of the molecule is Cc1ccc(CNC(=O)CCc2nnc3ccc(NCc4ccc(Cl)cc4)nn23)cc1. The van der Waals surface area contributed by atoms with Crippen LogP contribution in [-0.2, 0) is 24.3 Å². The molecular weight excluding hydrogens is 412 g/mol. The summed E-state index contributed by atoms with van der Waals surface area (Å²) in [6.07, 6.45) is 0.769. The highest BCUT2D eigenvalue weighted by atomic mass is 35.5. The molecule has 1 amide bonds. The van der Waals surface area contributed by atoms with Crippen LogP contribution in [0.15, 0.2) is 60.7 Å². The van der Waals surface area contributed by atoms with Crippen LogP contribution >= 0.6 is 11.6 Å². The number of amides is 1. The second kappa shape index (κ2) is 9.57. The van der Waals surface area contributed by atoms with Crippen LogP contribution in [0.3, 0.4) is 0 Å². The van der Waals surface area contributed by atoms with Crippen molar-refractivity contribution in [3.63, 3.8) is 0 Å². The normalized spacial score (nSPS) is 10.9. The van der Waals surface area contributed by atoms with E-state index < -0.39 is 0 Å². The molecule has 0 atom stereocenters. The molecule has 31 heavy (non-hydrogen) atoms. The first-order chi connectivity index (χ1) is 15.1. The van der Waals surface area contributed by atoms with Crippen LogP contribution in [0.1, 0.15) is 28.9 Å². The third-order valence-corrected chi connectivity index (χ3v) is 5.15. The second-order valence-electron chi connectivity index (χ2n) is 7.35. The molecule has 0 aliphatic carbocycles. The van der Waals surface area contributed by atoms with Gasteiger partial charge in [0.2, 0.25) is 5.91 Å². The van der Waals surface area contributed by atoms with Crippen LogP contribution in [0.2, 0.25) is 5.02 Å². The maximum absolute atomic E-state index is 12.3. The van der Waals surface area contributed by atoms with E-state index in [2.05, 4.69) is 25.9 Å². The van der Waals surface area contributed by atoms with Crippen LogP contribution < -0.4 is 10.6 Å². The summed E-state index contributed by atoms with van der Waals surface area (Å²) in [7, 11) is 0. The van der Waals surface area contributed by atoms with Gasteiger partial charge in [-0.25, -0.2) is 0 Å². The van der Waals surface area contributed by atoms with Gasteiger partial charge in [0.05, 0.1) is 0 Å². The lowest BCUT2D eigenvalue weighted by molar-refractivity contribution is -0.121. The molecule has 0 aliphatic heterocycles. The van der Waals surface area contributed by atoms with Crippen LogP contribution in [0, 0.1) is 6.92 Å². The average Bonchev–Trinajstić information content (AvgIpc) is 3.19. The Labute approximate surface area is 185 Å². The zero-order valence-corrected chi connectivity index (χ0v) is 17.9. The number of aryl methyl sites for hydroxylation is 2. The smallest absolute Gasteiger partial charge is 0.220 e. The van der Waals surface area contributed by atoms with Crippen molar-refractivity contribution < 1.29 is 4.79 Å². The van der Waals surface area contributed by atoms with Crippen LogP contribution in [0.4, 0.5) is 5.82 Å². The Balaban J connectivity index is 1.34. The Morgan fingerprint density at radius 3 is 2.42 bits per heavy atom. The molecule has 0 saturated carbocycles. The number of benzene rings is 2. The summed E-state index contributed by atoms with van der Waals surface area (Å²) in [5.41, 5.74) is 4.01. The molecule has 158 valence electrons. The minimum atomic E-state index is -0.0330. The molecule has 0 aliphatic rings. The fourth-order valence-electron chi connectivity index (χ4n) is 3.10. The Bertz CT molecular complexity index is 1170. The molecule has 0 bridgehead atoms. The highest BCUT2D eigenvalue weighted by Gasteiger charge is 2.10. The molecule has 2 aromatic carbocycles. The molecule has 0 fully saturated rings. The predicted molar refractivity (Wildman–Crippen MR) is 121 cm³/mol. The second-order valence-corrected chi connectivity index (χ2v) is 7.78. The number of carbonyl (C=O) groups is 1.